The molecule has 0 bridgehead atoms. The smallest absolute Gasteiger partial charge is 0.337 e. The Morgan fingerprint density at radius 3 is 1.73 bits per heavy atom. The van der Waals surface area contributed by atoms with Crippen molar-refractivity contribution in [2.75, 3.05) is 6.61 Å². The van der Waals surface area contributed by atoms with Crippen molar-refractivity contribution in [3.05, 3.63) is 0 Å². The molecule has 0 saturated heterocycles. The number of hydrogen-bond acceptors (Lipinski definition) is 2. The minimum atomic E-state index is -4.58. The minimum absolute atomic E-state index is 0.531. The molecule has 68 valence electrons. The zero-order valence-electron chi connectivity index (χ0n) is 5.69. The summed E-state index contributed by atoms with van der Waals surface area (Å²) in [5, 5.41) is 16.0. The Morgan fingerprint density at radius 1 is 1.27 bits per heavy atom. The van der Waals surface area contributed by atoms with Crippen LogP contribution >= 0.6 is 0 Å². The van der Waals surface area contributed by atoms with E-state index in [-0.39, 0.29) is 0 Å². The molecule has 0 spiro atoms. The summed E-state index contributed by atoms with van der Waals surface area (Å²) in [6.07, 6.45) is -2.48. The Bertz CT molecular complexity index is 134. The normalized spacial score (nSPS) is 16.6. The van der Waals surface area contributed by atoms with Crippen molar-refractivity contribution in [3.8, 4) is 0 Å². The SMILES string of the molecule is CC(O)C(F)(F)C(F)(F)CO. The Hall–Kier alpha value is -0.360. The van der Waals surface area contributed by atoms with E-state index < -0.39 is 24.6 Å². The van der Waals surface area contributed by atoms with Crippen LogP contribution < -0.4 is 0 Å². The quantitative estimate of drug-likeness (QED) is 0.619. The summed E-state index contributed by atoms with van der Waals surface area (Å²) in [7, 11) is 0. The zero-order valence-corrected chi connectivity index (χ0v) is 5.69. The van der Waals surface area contributed by atoms with E-state index in [9.17, 15) is 17.6 Å². The predicted octanol–water partition coefficient (Wildman–Crippen LogP) is 0.630. The fourth-order valence-electron chi connectivity index (χ4n) is 0.411. The predicted molar refractivity (Wildman–Crippen MR) is 28.7 cm³/mol. The molecule has 0 aliphatic rings. The lowest BCUT2D eigenvalue weighted by molar-refractivity contribution is -0.261. The molecular weight excluding hydrogens is 168 g/mol. The second-order valence-corrected chi connectivity index (χ2v) is 2.16. The average molecular weight is 176 g/mol. The monoisotopic (exact) mass is 176 g/mol. The molecule has 0 aliphatic heterocycles. The van der Waals surface area contributed by atoms with E-state index in [4.69, 9.17) is 10.2 Å². The van der Waals surface area contributed by atoms with Crippen molar-refractivity contribution >= 4 is 0 Å². The van der Waals surface area contributed by atoms with Crippen LogP contribution in [0.4, 0.5) is 17.6 Å². The first-order valence-electron chi connectivity index (χ1n) is 2.80. The first-order valence-corrected chi connectivity index (χ1v) is 2.80. The molecular formula is C5H8F4O2. The van der Waals surface area contributed by atoms with Gasteiger partial charge in [-0.3, -0.25) is 0 Å². The van der Waals surface area contributed by atoms with Gasteiger partial charge in [-0.05, 0) is 6.92 Å². The second-order valence-electron chi connectivity index (χ2n) is 2.16. The van der Waals surface area contributed by atoms with E-state index in [1.54, 1.807) is 0 Å². The van der Waals surface area contributed by atoms with Crippen LogP contribution in [0.25, 0.3) is 0 Å². The van der Waals surface area contributed by atoms with E-state index in [2.05, 4.69) is 0 Å². The Labute approximate surface area is 60.4 Å². The van der Waals surface area contributed by atoms with Gasteiger partial charge < -0.3 is 10.2 Å². The first kappa shape index (κ1) is 10.6. The average Bonchev–Trinajstić information content (AvgIpc) is 1.87. The van der Waals surface area contributed by atoms with Crippen LogP contribution in [-0.4, -0.2) is 34.8 Å². The van der Waals surface area contributed by atoms with Gasteiger partial charge in [-0.2, -0.15) is 17.6 Å². The van der Waals surface area contributed by atoms with E-state index >= 15 is 0 Å². The Balaban J connectivity index is 4.53. The van der Waals surface area contributed by atoms with E-state index in [1.807, 2.05) is 0 Å². The standard InChI is InChI=1S/C5H8F4O2/c1-3(11)5(8,9)4(6,7)2-10/h3,10-11H,2H2,1H3. The van der Waals surface area contributed by atoms with Gasteiger partial charge in [0.2, 0.25) is 0 Å². The maximum absolute atomic E-state index is 12.2. The fraction of sp³-hybridized carbons (Fsp3) is 1.00. The summed E-state index contributed by atoms with van der Waals surface area (Å²) in [5.74, 6) is -9.15. The molecule has 0 fully saturated rings. The van der Waals surface area contributed by atoms with E-state index in [0.29, 0.717) is 6.92 Å². The van der Waals surface area contributed by atoms with Gasteiger partial charge in [0.1, 0.15) is 12.7 Å². The maximum atomic E-state index is 12.2. The molecule has 1 unspecified atom stereocenters. The van der Waals surface area contributed by atoms with Gasteiger partial charge in [-0.25, -0.2) is 0 Å². The Kier molecular flexibility index (Phi) is 2.85. The lowest BCUT2D eigenvalue weighted by atomic mass is 10.1. The minimum Gasteiger partial charge on any atom is -0.390 e. The van der Waals surface area contributed by atoms with E-state index in [0.717, 1.165) is 0 Å². The highest BCUT2D eigenvalue weighted by atomic mass is 19.3. The lowest BCUT2D eigenvalue weighted by Crippen LogP contribution is -2.50. The molecule has 0 heterocycles. The van der Waals surface area contributed by atoms with Gasteiger partial charge in [-0.1, -0.05) is 0 Å². The molecule has 0 aliphatic carbocycles. The number of aliphatic hydroxyl groups is 2. The van der Waals surface area contributed by atoms with Gasteiger partial charge in [-0.15, -0.1) is 0 Å². The number of aliphatic hydroxyl groups excluding tert-OH is 2. The highest BCUT2D eigenvalue weighted by Gasteiger charge is 2.58. The van der Waals surface area contributed by atoms with Crippen LogP contribution in [0.2, 0.25) is 0 Å². The van der Waals surface area contributed by atoms with Crippen LogP contribution in [0.1, 0.15) is 6.92 Å². The number of halogens is 4. The van der Waals surface area contributed by atoms with Crippen molar-refractivity contribution < 1.29 is 27.8 Å². The highest BCUT2D eigenvalue weighted by molar-refractivity contribution is 4.88. The summed E-state index contributed by atoms with van der Waals surface area (Å²) in [4.78, 5) is 0. The number of hydrogen-bond donors (Lipinski definition) is 2. The van der Waals surface area contributed by atoms with Gasteiger partial charge in [0.05, 0.1) is 0 Å². The molecule has 0 amide bonds. The van der Waals surface area contributed by atoms with Crippen molar-refractivity contribution in [1.29, 1.82) is 0 Å². The van der Waals surface area contributed by atoms with Crippen LogP contribution in [-0.2, 0) is 0 Å². The molecule has 0 aromatic rings. The third-order valence-electron chi connectivity index (χ3n) is 1.21. The Morgan fingerprint density at radius 2 is 1.64 bits per heavy atom. The molecule has 0 rings (SSSR count). The molecule has 0 aromatic heterocycles. The van der Waals surface area contributed by atoms with Crippen LogP contribution in [0.5, 0.6) is 0 Å². The topological polar surface area (TPSA) is 40.5 Å². The number of rotatable bonds is 3. The zero-order chi connectivity index (χ0) is 9.28. The first-order chi connectivity index (χ1) is 4.75. The van der Waals surface area contributed by atoms with Crippen molar-refractivity contribution in [1.82, 2.24) is 0 Å². The summed E-state index contributed by atoms with van der Waals surface area (Å²) < 4.78 is 48.4. The van der Waals surface area contributed by atoms with Crippen molar-refractivity contribution in [2.24, 2.45) is 0 Å². The van der Waals surface area contributed by atoms with Crippen molar-refractivity contribution in [3.63, 3.8) is 0 Å². The highest BCUT2D eigenvalue weighted by Crippen LogP contribution is 2.36. The largest absolute Gasteiger partial charge is 0.390 e. The van der Waals surface area contributed by atoms with Crippen LogP contribution in [0.3, 0.4) is 0 Å². The van der Waals surface area contributed by atoms with E-state index in [1.165, 1.54) is 0 Å². The molecule has 0 saturated carbocycles. The summed E-state index contributed by atoms with van der Waals surface area (Å²) >= 11 is 0. The fourth-order valence-corrected chi connectivity index (χ4v) is 0.411. The van der Waals surface area contributed by atoms with Crippen LogP contribution in [0, 0.1) is 0 Å². The summed E-state index contributed by atoms with van der Waals surface area (Å²) in [5.41, 5.74) is 0. The summed E-state index contributed by atoms with van der Waals surface area (Å²) in [6.45, 7) is -1.45. The maximum Gasteiger partial charge on any atom is 0.337 e. The molecule has 2 nitrogen and oxygen atoms in total. The third kappa shape index (κ3) is 1.81. The molecule has 11 heavy (non-hydrogen) atoms. The molecule has 0 radical (unpaired) electrons. The molecule has 2 N–H and O–H groups in total. The van der Waals surface area contributed by atoms with Gasteiger partial charge >= 0.3 is 11.8 Å². The summed E-state index contributed by atoms with van der Waals surface area (Å²) in [6, 6.07) is 0. The van der Waals surface area contributed by atoms with Gasteiger partial charge in [0, 0.05) is 0 Å². The molecule has 6 heteroatoms. The second kappa shape index (κ2) is 2.94. The number of alkyl halides is 4. The molecule has 1 atom stereocenters. The van der Waals surface area contributed by atoms with Gasteiger partial charge in [0.15, 0.2) is 0 Å². The molecule has 0 aromatic carbocycles. The van der Waals surface area contributed by atoms with Crippen molar-refractivity contribution in [2.45, 2.75) is 24.9 Å². The third-order valence-corrected chi connectivity index (χ3v) is 1.21. The van der Waals surface area contributed by atoms with Gasteiger partial charge in [0.25, 0.3) is 0 Å². The lowest BCUT2D eigenvalue weighted by Gasteiger charge is -2.26. The van der Waals surface area contributed by atoms with Crippen LogP contribution in [0.15, 0.2) is 0 Å².